The van der Waals surface area contributed by atoms with Crippen LogP contribution in [0.2, 0.25) is 0 Å². The molecule has 0 N–H and O–H groups in total. The second-order valence-electron chi connectivity index (χ2n) is 5.04. The van der Waals surface area contributed by atoms with Crippen molar-refractivity contribution in [3.63, 3.8) is 0 Å². The summed E-state index contributed by atoms with van der Waals surface area (Å²) in [4.78, 5) is 15.4. The second kappa shape index (κ2) is 7.96. The molecule has 4 heteroatoms. The first-order chi connectivity index (χ1) is 9.49. The number of hydrogen-bond acceptors (Lipinski definition) is 3. The van der Waals surface area contributed by atoms with Gasteiger partial charge in [0, 0.05) is 23.2 Å². The van der Waals surface area contributed by atoms with Gasteiger partial charge in [-0.3, -0.25) is 4.79 Å². The van der Waals surface area contributed by atoms with Gasteiger partial charge in [-0.05, 0) is 26.0 Å². The SMILES string of the molecule is CCN(C[C@@H](C)C#N)C(=O)c1ccccc1SC(C)C. The van der Waals surface area contributed by atoms with E-state index in [2.05, 4.69) is 19.9 Å². The lowest BCUT2D eigenvalue weighted by molar-refractivity contribution is 0.0749. The zero-order valence-electron chi connectivity index (χ0n) is 12.6. The van der Waals surface area contributed by atoms with Gasteiger partial charge in [-0.25, -0.2) is 0 Å². The fourth-order valence-electron chi connectivity index (χ4n) is 1.90. The summed E-state index contributed by atoms with van der Waals surface area (Å²) in [6, 6.07) is 9.88. The maximum Gasteiger partial charge on any atom is 0.255 e. The molecule has 0 spiro atoms. The number of carbonyl (C=O) groups excluding carboxylic acids is 1. The van der Waals surface area contributed by atoms with Crippen LogP contribution in [0.3, 0.4) is 0 Å². The van der Waals surface area contributed by atoms with Crippen LogP contribution in [-0.4, -0.2) is 29.1 Å². The normalized spacial score (nSPS) is 12.0. The van der Waals surface area contributed by atoms with Crippen LogP contribution < -0.4 is 0 Å². The van der Waals surface area contributed by atoms with Gasteiger partial charge in [-0.15, -0.1) is 11.8 Å². The summed E-state index contributed by atoms with van der Waals surface area (Å²) in [5, 5.41) is 9.34. The zero-order chi connectivity index (χ0) is 15.1. The van der Waals surface area contributed by atoms with Crippen LogP contribution in [0.25, 0.3) is 0 Å². The fourth-order valence-corrected chi connectivity index (χ4v) is 2.84. The van der Waals surface area contributed by atoms with E-state index >= 15 is 0 Å². The van der Waals surface area contributed by atoms with Crippen LogP contribution in [-0.2, 0) is 0 Å². The van der Waals surface area contributed by atoms with Gasteiger partial charge in [0.2, 0.25) is 0 Å². The highest BCUT2D eigenvalue weighted by Crippen LogP contribution is 2.27. The molecule has 0 aliphatic heterocycles. The van der Waals surface area contributed by atoms with Crippen molar-refractivity contribution >= 4 is 17.7 Å². The highest BCUT2D eigenvalue weighted by molar-refractivity contribution is 8.00. The summed E-state index contributed by atoms with van der Waals surface area (Å²) in [7, 11) is 0. The summed E-state index contributed by atoms with van der Waals surface area (Å²) < 4.78 is 0. The van der Waals surface area contributed by atoms with Crippen LogP contribution >= 0.6 is 11.8 Å². The number of carbonyl (C=O) groups is 1. The molecule has 0 aromatic heterocycles. The number of rotatable bonds is 6. The Kier molecular flexibility index (Phi) is 6.60. The molecule has 0 bridgehead atoms. The van der Waals surface area contributed by atoms with E-state index in [1.807, 2.05) is 38.1 Å². The molecule has 0 aliphatic carbocycles. The van der Waals surface area contributed by atoms with E-state index in [0.29, 0.717) is 18.3 Å². The molecule has 20 heavy (non-hydrogen) atoms. The molecule has 1 atom stereocenters. The van der Waals surface area contributed by atoms with Crippen LogP contribution in [0.5, 0.6) is 0 Å². The van der Waals surface area contributed by atoms with Gasteiger partial charge >= 0.3 is 0 Å². The standard InChI is InChI=1S/C16H22N2OS/c1-5-18(11-13(4)10-17)16(19)14-8-6-7-9-15(14)20-12(2)3/h6-9,12-13H,5,11H2,1-4H3/t13-/m0/s1. The molecule has 1 aromatic carbocycles. The number of hydrogen-bond donors (Lipinski definition) is 0. The van der Waals surface area contributed by atoms with E-state index in [9.17, 15) is 4.79 Å². The third kappa shape index (κ3) is 4.57. The predicted molar refractivity (Wildman–Crippen MR) is 83.8 cm³/mol. The number of thioether (sulfide) groups is 1. The van der Waals surface area contributed by atoms with Crippen molar-refractivity contribution in [3.05, 3.63) is 29.8 Å². The lowest BCUT2D eigenvalue weighted by Gasteiger charge is -2.23. The molecule has 0 aliphatic rings. The Labute approximate surface area is 126 Å². The summed E-state index contributed by atoms with van der Waals surface area (Å²) in [5.74, 6) is -0.137. The van der Waals surface area contributed by atoms with E-state index in [-0.39, 0.29) is 11.8 Å². The van der Waals surface area contributed by atoms with Gasteiger partial charge in [0.1, 0.15) is 0 Å². The van der Waals surface area contributed by atoms with Crippen LogP contribution in [0.1, 0.15) is 38.1 Å². The number of nitriles is 1. The van der Waals surface area contributed by atoms with Gasteiger partial charge in [0.15, 0.2) is 0 Å². The number of amides is 1. The minimum atomic E-state index is -0.149. The minimum absolute atomic E-state index is 0.0124. The van der Waals surface area contributed by atoms with Crippen molar-refractivity contribution in [3.8, 4) is 6.07 Å². The topological polar surface area (TPSA) is 44.1 Å². The van der Waals surface area contributed by atoms with Gasteiger partial charge in [0.25, 0.3) is 5.91 Å². The largest absolute Gasteiger partial charge is 0.338 e. The molecule has 1 amide bonds. The first kappa shape index (κ1) is 16.6. The van der Waals surface area contributed by atoms with E-state index in [4.69, 9.17) is 5.26 Å². The monoisotopic (exact) mass is 290 g/mol. The molecular formula is C16H22N2OS. The lowest BCUT2D eigenvalue weighted by Crippen LogP contribution is -2.34. The van der Waals surface area contributed by atoms with Crippen molar-refractivity contribution in [1.82, 2.24) is 4.90 Å². The van der Waals surface area contributed by atoms with Crippen molar-refractivity contribution < 1.29 is 4.79 Å². The first-order valence-electron chi connectivity index (χ1n) is 6.94. The predicted octanol–water partition coefficient (Wildman–Crippen LogP) is 3.81. The maximum atomic E-state index is 12.6. The highest BCUT2D eigenvalue weighted by atomic mass is 32.2. The molecule has 0 unspecified atom stereocenters. The second-order valence-corrected chi connectivity index (χ2v) is 6.66. The summed E-state index contributed by atoms with van der Waals surface area (Å²) in [5.41, 5.74) is 0.734. The first-order valence-corrected chi connectivity index (χ1v) is 7.82. The Bertz CT molecular complexity index is 493. The van der Waals surface area contributed by atoms with Crippen LogP contribution in [0, 0.1) is 17.2 Å². The summed E-state index contributed by atoms with van der Waals surface area (Å²) >= 11 is 1.69. The zero-order valence-corrected chi connectivity index (χ0v) is 13.4. The summed E-state index contributed by atoms with van der Waals surface area (Å²) in [6.07, 6.45) is 0. The number of nitrogens with zero attached hydrogens (tertiary/aromatic N) is 2. The van der Waals surface area contributed by atoms with Crippen molar-refractivity contribution in [1.29, 1.82) is 5.26 Å². The average molecular weight is 290 g/mol. The fraction of sp³-hybridized carbons (Fsp3) is 0.500. The van der Waals surface area contributed by atoms with E-state index in [1.54, 1.807) is 16.7 Å². The molecule has 0 saturated carbocycles. The van der Waals surface area contributed by atoms with E-state index in [0.717, 1.165) is 10.5 Å². The van der Waals surface area contributed by atoms with Crippen LogP contribution in [0.4, 0.5) is 0 Å². The van der Waals surface area contributed by atoms with Gasteiger partial charge in [-0.1, -0.05) is 26.0 Å². The third-order valence-corrected chi connectivity index (χ3v) is 3.95. The van der Waals surface area contributed by atoms with Crippen molar-refractivity contribution in [2.24, 2.45) is 5.92 Å². The molecule has 3 nitrogen and oxygen atoms in total. The molecule has 1 rings (SSSR count). The van der Waals surface area contributed by atoms with Gasteiger partial charge < -0.3 is 4.90 Å². The number of benzene rings is 1. The highest BCUT2D eigenvalue weighted by Gasteiger charge is 2.19. The molecule has 0 heterocycles. The summed E-state index contributed by atoms with van der Waals surface area (Å²) in [6.45, 7) is 9.10. The minimum Gasteiger partial charge on any atom is -0.338 e. The lowest BCUT2D eigenvalue weighted by atomic mass is 10.1. The smallest absolute Gasteiger partial charge is 0.255 e. The Morgan fingerprint density at radius 1 is 1.35 bits per heavy atom. The molecule has 0 radical (unpaired) electrons. The molecule has 108 valence electrons. The maximum absolute atomic E-state index is 12.6. The van der Waals surface area contributed by atoms with Crippen molar-refractivity contribution in [2.45, 2.75) is 37.8 Å². The molecule has 0 saturated heterocycles. The Morgan fingerprint density at radius 3 is 2.55 bits per heavy atom. The van der Waals surface area contributed by atoms with E-state index in [1.165, 1.54) is 0 Å². The molecular weight excluding hydrogens is 268 g/mol. The van der Waals surface area contributed by atoms with Crippen molar-refractivity contribution in [2.75, 3.05) is 13.1 Å². The quantitative estimate of drug-likeness (QED) is 0.748. The average Bonchev–Trinajstić information content (AvgIpc) is 2.43. The van der Waals surface area contributed by atoms with Crippen LogP contribution in [0.15, 0.2) is 29.2 Å². The third-order valence-electron chi connectivity index (χ3n) is 2.86. The van der Waals surface area contributed by atoms with Gasteiger partial charge in [-0.2, -0.15) is 5.26 Å². The van der Waals surface area contributed by atoms with E-state index < -0.39 is 0 Å². The Hall–Kier alpha value is -1.47. The Balaban J connectivity index is 2.98. The molecule has 1 aromatic rings. The Morgan fingerprint density at radius 2 is 2.00 bits per heavy atom. The molecule has 0 fully saturated rings. The van der Waals surface area contributed by atoms with Gasteiger partial charge in [0.05, 0.1) is 17.6 Å².